The molecule has 0 saturated carbocycles. The Morgan fingerprint density at radius 3 is 1.10 bits per heavy atom. The monoisotopic (exact) mass is 865 g/mol. The van der Waals surface area contributed by atoms with Gasteiger partial charge < -0.3 is 9.13 Å². The molecule has 0 spiro atoms. The molecule has 0 aliphatic heterocycles. The highest BCUT2D eigenvalue weighted by Gasteiger charge is 2.18. The van der Waals surface area contributed by atoms with Gasteiger partial charge in [0, 0.05) is 44.0 Å². The van der Waals surface area contributed by atoms with Crippen molar-refractivity contribution in [1.29, 1.82) is 0 Å². The van der Waals surface area contributed by atoms with E-state index >= 15 is 0 Å². The van der Waals surface area contributed by atoms with Crippen molar-refractivity contribution < 1.29 is 0 Å². The van der Waals surface area contributed by atoms with Crippen molar-refractivity contribution in [3.63, 3.8) is 0 Å². The minimum atomic E-state index is 0.933. The predicted molar refractivity (Wildman–Crippen MR) is 286 cm³/mol. The molecule has 318 valence electrons. The molecule has 0 unspecified atom stereocenters. The van der Waals surface area contributed by atoms with E-state index in [1.807, 2.05) is 0 Å². The van der Waals surface area contributed by atoms with Crippen LogP contribution in [-0.2, 0) is 0 Å². The van der Waals surface area contributed by atoms with Crippen LogP contribution >= 0.6 is 0 Å². The highest BCUT2D eigenvalue weighted by Crippen LogP contribution is 2.40. The maximum Gasteiger partial charge on any atom is 0.0716 e. The van der Waals surface area contributed by atoms with Crippen LogP contribution in [0.5, 0.6) is 0 Å². The van der Waals surface area contributed by atoms with Gasteiger partial charge in [0.15, 0.2) is 0 Å². The fraction of sp³-hybridized carbons (Fsp3) is 0. The first-order valence-corrected chi connectivity index (χ1v) is 23.3. The third kappa shape index (κ3) is 6.88. The number of para-hydroxylation sites is 2. The molecule has 10 aromatic carbocycles. The number of hydrogen-bond donors (Lipinski definition) is 0. The van der Waals surface area contributed by atoms with E-state index in [4.69, 9.17) is 4.98 Å². The molecular formula is C65H43N3. The second-order valence-corrected chi connectivity index (χ2v) is 17.6. The number of rotatable bonds is 8. The summed E-state index contributed by atoms with van der Waals surface area (Å²) >= 11 is 0. The maximum atomic E-state index is 5.30. The zero-order valence-corrected chi connectivity index (χ0v) is 37.2. The lowest BCUT2D eigenvalue weighted by Gasteiger charge is -2.15. The zero-order valence-electron chi connectivity index (χ0n) is 37.2. The first-order valence-electron chi connectivity index (χ1n) is 23.3. The van der Waals surface area contributed by atoms with Crippen LogP contribution in [-0.4, -0.2) is 14.1 Å². The Morgan fingerprint density at radius 1 is 0.206 bits per heavy atom. The Bertz CT molecular complexity index is 3880. The minimum Gasteiger partial charge on any atom is -0.309 e. The summed E-state index contributed by atoms with van der Waals surface area (Å²) in [7, 11) is 0. The van der Waals surface area contributed by atoms with Gasteiger partial charge in [-0.3, -0.25) is 0 Å². The van der Waals surface area contributed by atoms with Crippen molar-refractivity contribution in [2.45, 2.75) is 0 Å². The second-order valence-electron chi connectivity index (χ2n) is 17.6. The van der Waals surface area contributed by atoms with E-state index in [1.165, 1.54) is 54.8 Å². The molecular weight excluding hydrogens is 823 g/mol. The van der Waals surface area contributed by atoms with Crippen LogP contribution in [0.1, 0.15) is 0 Å². The fourth-order valence-corrected chi connectivity index (χ4v) is 10.2. The van der Waals surface area contributed by atoms with Gasteiger partial charge in [0.2, 0.25) is 0 Å². The highest BCUT2D eigenvalue weighted by molar-refractivity contribution is 6.12. The average molecular weight is 866 g/mol. The van der Waals surface area contributed by atoms with Crippen LogP contribution in [0.15, 0.2) is 261 Å². The van der Waals surface area contributed by atoms with Gasteiger partial charge in [0.25, 0.3) is 0 Å². The normalized spacial score (nSPS) is 11.5. The van der Waals surface area contributed by atoms with Crippen molar-refractivity contribution >= 4 is 43.6 Å². The van der Waals surface area contributed by atoms with Crippen LogP contribution in [0.25, 0.3) is 122 Å². The van der Waals surface area contributed by atoms with Gasteiger partial charge in [0.1, 0.15) is 0 Å². The molecule has 0 aliphatic rings. The molecule has 0 saturated heterocycles. The Labute approximate surface area is 395 Å². The lowest BCUT2D eigenvalue weighted by Crippen LogP contribution is -1.97. The summed E-state index contributed by atoms with van der Waals surface area (Å²) in [5, 5.41) is 4.89. The van der Waals surface area contributed by atoms with Gasteiger partial charge in [-0.05, 0) is 111 Å². The molecule has 0 atom stereocenters. The van der Waals surface area contributed by atoms with E-state index in [-0.39, 0.29) is 0 Å². The number of nitrogens with zero attached hydrogens (tertiary/aromatic N) is 3. The Morgan fingerprint density at radius 2 is 0.588 bits per heavy atom. The van der Waals surface area contributed by atoms with Crippen molar-refractivity contribution in [3.8, 4) is 78.4 Å². The second kappa shape index (κ2) is 16.4. The first-order chi connectivity index (χ1) is 33.7. The smallest absolute Gasteiger partial charge is 0.0716 e. The third-order valence-corrected chi connectivity index (χ3v) is 13.5. The van der Waals surface area contributed by atoms with Crippen molar-refractivity contribution in [2.24, 2.45) is 0 Å². The average Bonchev–Trinajstić information content (AvgIpc) is 3.94. The van der Waals surface area contributed by atoms with Gasteiger partial charge in [0.05, 0.1) is 33.5 Å². The van der Waals surface area contributed by atoms with Crippen LogP contribution < -0.4 is 0 Å². The van der Waals surface area contributed by atoms with Gasteiger partial charge in [-0.15, -0.1) is 0 Å². The fourth-order valence-electron chi connectivity index (χ4n) is 10.2. The van der Waals surface area contributed by atoms with Crippen LogP contribution in [0, 0.1) is 0 Å². The molecule has 3 nitrogen and oxygen atoms in total. The molecule has 13 aromatic rings. The summed E-state index contributed by atoms with van der Waals surface area (Å²) < 4.78 is 4.88. The maximum absolute atomic E-state index is 5.30. The molecule has 0 aliphatic carbocycles. The van der Waals surface area contributed by atoms with Crippen LogP contribution in [0.3, 0.4) is 0 Å². The van der Waals surface area contributed by atoms with Crippen molar-refractivity contribution in [3.05, 3.63) is 261 Å². The summed E-state index contributed by atoms with van der Waals surface area (Å²) in [5.41, 5.74) is 20.3. The predicted octanol–water partition coefficient (Wildman–Crippen LogP) is 17.3. The molecule has 0 amide bonds. The van der Waals surface area contributed by atoms with E-state index in [0.717, 1.165) is 67.2 Å². The Kier molecular flexibility index (Phi) is 9.50. The Hall–Kier alpha value is -9.05. The van der Waals surface area contributed by atoms with Gasteiger partial charge in [-0.25, -0.2) is 4.98 Å². The van der Waals surface area contributed by atoms with E-state index in [1.54, 1.807) is 0 Å². The number of benzene rings is 10. The van der Waals surface area contributed by atoms with Crippen LogP contribution in [0.2, 0.25) is 0 Å². The number of pyridine rings is 1. The SMILES string of the molecule is c1ccc(-c2cc(-c3ccccc3)cc(-n3c4ccccc4c4ccc(-c5ccc6c7ccccc7n(-c7cccc(-c8cc(-c9ccccc9)cc(-c9ccccc9)n8)c7)c6c5)cc43)c2)cc1. The minimum absolute atomic E-state index is 0.933. The zero-order chi connectivity index (χ0) is 45.0. The topological polar surface area (TPSA) is 22.8 Å². The van der Waals surface area contributed by atoms with Crippen molar-refractivity contribution in [2.75, 3.05) is 0 Å². The van der Waals surface area contributed by atoms with Gasteiger partial charge in [-0.2, -0.15) is 0 Å². The quantitative estimate of drug-likeness (QED) is 0.149. The first kappa shape index (κ1) is 39.3. The van der Waals surface area contributed by atoms with Crippen LogP contribution in [0.4, 0.5) is 0 Å². The molecule has 68 heavy (non-hydrogen) atoms. The molecule has 3 heterocycles. The van der Waals surface area contributed by atoms with E-state index in [2.05, 4.69) is 270 Å². The molecule has 3 aromatic heterocycles. The molecule has 0 radical (unpaired) electrons. The highest BCUT2D eigenvalue weighted by atomic mass is 15.0. The van der Waals surface area contributed by atoms with E-state index < -0.39 is 0 Å². The standard InChI is InChI=1S/C65H43N3/c1-5-18-44(19-6-1)51-36-52(45-20-7-2-8-21-45)39-55(38-51)68-63-31-16-14-29-57(63)59-35-33-49(43-65(59)68)48-32-34-58-56-28-13-15-30-62(56)67(64(58)42-48)54-27-17-26-50(37-54)61-41-53(46-22-9-3-10-23-46)40-60(66-61)47-24-11-4-12-25-47/h1-43H. The van der Waals surface area contributed by atoms with E-state index in [9.17, 15) is 0 Å². The number of aromatic nitrogens is 3. The summed E-state index contributed by atoms with van der Waals surface area (Å²) in [6.45, 7) is 0. The van der Waals surface area contributed by atoms with Gasteiger partial charge in [-0.1, -0.05) is 194 Å². The summed E-state index contributed by atoms with van der Waals surface area (Å²) in [4.78, 5) is 5.30. The molecule has 0 fully saturated rings. The molecule has 13 rings (SSSR count). The molecule has 0 bridgehead atoms. The largest absolute Gasteiger partial charge is 0.309 e. The lowest BCUT2D eigenvalue weighted by molar-refractivity contribution is 1.18. The summed E-state index contributed by atoms with van der Waals surface area (Å²) in [6.07, 6.45) is 0. The molecule has 0 N–H and O–H groups in total. The van der Waals surface area contributed by atoms with Crippen molar-refractivity contribution in [1.82, 2.24) is 14.1 Å². The summed E-state index contributed by atoms with van der Waals surface area (Å²) in [5.74, 6) is 0. The lowest BCUT2D eigenvalue weighted by atomic mass is 9.98. The molecule has 3 heteroatoms. The van der Waals surface area contributed by atoms with Gasteiger partial charge >= 0.3 is 0 Å². The third-order valence-electron chi connectivity index (χ3n) is 13.5. The Balaban J connectivity index is 0.976. The summed E-state index contributed by atoms with van der Waals surface area (Å²) in [6, 6.07) is 94.3. The number of hydrogen-bond acceptors (Lipinski definition) is 1. The van der Waals surface area contributed by atoms with E-state index in [0.29, 0.717) is 0 Å². The number of fused-ring (bicyclic) bond motifs is 6.